The van der Waals surface area contributed by atoms with E-state index in [1.165, 1.54) is 0 Å². The van der Waals surface area contributed by atoms with E-state index in [1.807, 2.05) is 54.0 Å². The minimum absolute atomic E-state index is 0.167. The third-order valence-electron chi connectivity index (χ3n) is 3.85. The van der Waals surface area contributed by atoms with Crippen LogP contribution in [0.1, 0.15) is 16.8 Å². The number of nitrogens with zero attached hydrogens (tertiary/aromatic N) is 3. The van der Waals surface area contributed by atoms with Crippen molar-refractivity contribution in [2.45, 2.75) is 19.9 Å². The number of benzene rings is 2. The van der Waals surface area contributed by atoms with E-state index in [0.717, 1.165) is 22.5 Å². The van der Waals surface area contributed by atoms with Gasteiger partial charge in [-0.15, -0.1) is 0 Å². The zero-order valence-electron chi connectivity index (χ0n) is 13.2. The molecule has 24 heavy (non-hydrogen) atoms. The molecule has 120 valence electrons. The predicted molar refractivity (Wildman–Crippen MR) is 93.9 cm³/mol. The molecule has 0 aliphatic rings. The molecule has 0 fully saturated rings. The number of imidazole rings is 1. The van der Waals surface area contributed by atoms with Crippen molar-refractivity contribution in [1.29, 1.82) is 5.26 Å². The van der Waals surface area contributed by atoms with Gasteiger partial charge in [0, 0.05) is 5.56 Å². The molecular weight excluding hydrogens is 322 g/mol. The normalized spacial score (nSPS) is 10.5. The molecule has 0 saturated heterocycles. The molecule has 4 nitrogen and oxygen atoms in total. The fraction of sp³-hybridized carbons (Fsp3) is 0.158. The van der Waals surface area contributed by atoms with Gasteiger partial charge >= 0.3 is 0 Å². The number of aromatic hydroxyl groups is 1. The molecule has 0 bridgehead atoms. The van der Waals surface area contributed by atoms with Gasteiger partial charge < -0.3 is 9.67 Å². The number of nitriles is 1. The van der Waals surface area contributed by atoms with Crippen LogP contribution in [-0.2, 0) is 13.0 Å². The molecule has 1 heterocycles. The SMILES string of the molecule is Cc1cc(Cn2c(-c3ccccc3)nc(CC#N)c2Cl)ccc1O. The van der Waals surface area contributed by atoms with Crippen molar-refractivity contribution in [3.63, 3.8) is 0 Å². The van der Waals surface area contributed by atoms with E-state index in [-0.39, 0.29) is 12.2 Å². The number of hydrogen-bond acceptors (Lipinski definition) is 3. The first-order valence-electron chi connectivity index (χ1n) is 7.56. The minimum atomic E-state index is 0.167. The quantitative estimate of drug-likeness (QED) is 0.770. The van der Waals surface area contributed by atoms with E-state index in [1.54, 1.807) is 6.07 Å². The first-order chi connectivity index (χ1) is 11.6. The van der Waals surface area contributed by atoms with Crippen LogP contribution in [0.2, 0.25) is 5.15 Å². The van der Waals surface area contributed by atoms with Crippen LogP contribution in [-0.4, -0.2) is 14.7 Å². The highest BCUT2D eigenvalue weighted by Gasteiger charge is 2.17. The molecule has 1 N–H and O–H groups in total. The highest BCUT2D eigenvalue weighted by molar-refractivity contribution is 6.30. The number of phenolic OH excluding ortho intramolecular Hbond substituents is 1. The molecule has 2 aromatic carbocycles. The smallest absolute Gasteiger partial charge is 0.141 e. The largest absolute Gasteiger partial charge is 0.508 e. The summed E-state index contributed by atoms with van der Waals surface area (Å²) in [4.78, 5) is 4.57. The fourth-order valence-electron chi connectivity index (χ4n) is 2.62. The number of phenols is 1. The molecule has 1 aromatic heterocycles. The Morgan fingerprint density at radius 1 is 1.21 bits per heavy atom. The molecule has 0 spiro atoms. The Hall–Kier alpha value is -2.77. The van der Waals surface area contributed by atoms with Crippen molar-refractivity contribution < 1.29 is 5.11 Å². The summed E-state index contributed by atoms with van der Waals surface area (Å²) < 4.78 is 1.90. The summed E-state index contributed by atoms with van der Waals surface area (Å²) in [6, 6.07) is 17.3. The third-order valence-corrected chi connectivity index (χ3v) is 4.27. The lowest BCUT2D eigenvalue weighted by molar-refractivity contribution is 0.470. The second kappa shape index (κ2) is 6.77. The van der Waals surface area contributed by atoms with E-state index >= 15 is 0 Å². The van der Waals surface area contributed by atoms with Crippen LogP contribution in [0.4, 0.5) is 0 Å². The Labute approximate surface area is 145 Å². The number of aryl methyl sites for hydroxylation is 1. The molecule has 0 saturated carbocycles. The number of hydrogen-bond donors (Lipinski definition) is 1. The highest BCUT2D eigenvalue weighted by atomic mass is 35.5. The maximum atomic E-state index is 9.69. The standard InChI is InChI=1S/C19H16ClN3O/c1-13-11-14(7-8-17(13)24)12-23-18(20)16(9-10-21)22-19(23)15-5-3-2-4-6-15/h2-8,11,24H,9,12H2,1H3. The summed E-state index contributed by atoms with van der Waals surface area (Å²) in [5.74, 6) is 1.00. The van der Waals surface area contributed by atoms with E-state index in [0.29, 0.717) is 17.4 Å². The van der Waals surface area contributed by atoms with Gasteiger partial charge in [-0.05, 0) is 24.1 Å². The van der Waals surface area contributed by atoms with Crippen molar-refractivity contribution >= 4 is 11.6 Å². The number of rotatable bonds is 4. The van der Waals surface area contributed by atoms with Crippen molar-refractivity contribution in [1.82, 2.24) is 9.55 Å². The molecule has 3 aromatic rings. The van der Waals surface area contributed by atoms with Crippen LogP contribution < -0.4 is 0 Å². The highest BCUT2D eigenvalue weighted by Crippen LogP contribution is 2.28. The topological polar surface area (TPSA) is 61.8 Å². The van der Waals surface area contributed by atoms with E-state index in [9.17, 15) is 5.11 Å². The maximum Gasteiger partial charge on any atom is 0.141 e. The predicted octanol–water partition coefficient (Wildman–Crippen LogP) is 4.33. The van der Waals surface area contributed by atoms with Gasteiger partial charge in [-0.2, -0.15) is 5.26 Å². The zero-order chi connectivity index (χ0) is 17.1. The van der Waals surface area contributed by atoms with Gasteiger partial charge in [0.05, 0.1) is 24.7 Å². The molecular formula is C19H16ClN3O. The Kier molecular flexibility index (Phi) is 4.54. The van der Waals surface area contributed by atoms with E-state index in [2.05, 4.69) is 11.1 Å². The molecule has 0 atom stereocenters. The maximum absolute atomic E-state index is 9.69. The second-order valence-corrected chi connectivity index (χ2v) is 5.94. The van der Waals surface area contributed by atoms with Crippen LogP contribution in [0.25, 0.3) is 11.4 Å². The molecule has 0 aliphatic heterocycles. The lowest BCUT2D eigenvalue weighted by Crippen LogP contribution is -2.03. The molecule has 0 unspecified atom stereocenters. The van der Waals surface area contributed by atoms with Crippen LogP contribution in [0.3, 0.4) is 0 Å². The lowest BCUT2D eigenvalue weighted by atomic mass is 10.1. The average Bonchev–Trinajstić information content (AvgIpc) is 2.89. The summed E-state index contributed by atoms with van der Waals surface area (Å²) >= 11 is 6.48. The average molecular weight is 338 g/mol. The van der Waals surface area contributed by atoms with Gasteiger partial charge in [-0.25, -0.2) is 4.98 Å². The summed E-state index contributed by atoms with van der Waals surface area (Å²) in [6.07, 6.45) is 0.167. The monoisotopic (exact) mass is 337 g/mol. The first kappa shape index (κ1) is 16.1. The van der Waals surface area contributed by atoms with E-state index in [4.69, 9.17) is 16.9 Å². The van der Waals surface area contributed by atoms with Crippen LogP contribution in [0.15, 0.2) is 48.5 Å². The van der Waals surface area contributed by atoms with E-state index < -0.39 is 0 Å². The van der Waals surface area contributed by atoms with Gasteiger partial charge in [0.1, 0.15) is 16.7 Å². The van der Waals surface area contributed by atoms with Gasteiger partial charge in [-0.3, -0.25) is 0 Å². The minimum Gasteiger partial charge on any atom is -0.508 e. The molecule has 0 aliphatic carbocycles. The summed E-state index contributed by atoms with van der Waals surface area (Å²) in [6.45, 7) is 2.37. The first-order valence-corrected chi connectivity index (χ1v) is 7.93. The fourth-order valence-corrected chi connectivity index (χ4v) is 2.87. The Bertz CT molecular complexity index is 910. The summed E-state index contributed by atoms with van der Waals surface area (Å²) in [7, 11) is 0. The zero-order valence-corrected chi connectivity index (χ0v) is 14.0. The Morgan fingerprint density at radius 3 is 2.62 bits per heavy atom. The molecule has 0 radical (unpaired) electrons. The Morgan fingerprint density at radius 2 is 1.96 bits per heavy atom. The van der Waals surface area contributed by atoms with Crippen LogP contribution >= 0.6 is 11.6 Å². The number of halogens is 1. The molecule has 0 amide bonds. The van der Waals surface area contributed by atoms with Crippen LogP contribution in [0, 0.1) is 18.3 Å². The van der Waals surface area contributed by atoms with Gasteiger partial charge in [0.2, 0.25) is 0 Å². The third kappa shape index (κ3) is 3.12. The van der Waals surface area contributed by atoms with Gasteiger partial charge in [-0.1, -0.05) is 54.1 Å². The Balaban J connectivity index is 2.08. The van der Waals surface area contributed by atoms with Gasteiger partial charge in [0.25, 0.3) is 0 Å². The van der Waals surface area contributed by atoms with Crippen molar-refractivity contribution in [3.05, 3.63) is 70.5 Å². The summed E-state index contributed by atoms with van der Waals surface area (Å²) in [5.41, 5.74) is 3.33. The number of aromatic nitrogens is 2. The molecule has 3 rings (SSSR count). The van der Waals surface area contributed by atoms with Gasteiger partial charge in [0.15, 0.2) is 0 Å². The molecule has 5 heteroatoms. The van der Waals surface area contributed by atoms with Crippen molar-refractivity contribution in [2.75, 3.05) is 0 Å². The van der Waals surface area contributed by atoms with Crippen LogP contribution in [0.5, 0.6) is 5.75 Å². The lowest BCUT2D eigenvalue weighted by Gasteiger charge is -2.11. The second-order valence-electron chi connectivity index (χ2n) is 5.58. The van der Waals surface area contributed by atoms with Crippen molar-refractivity contribution in [2.24, 2.45) is 0 Å². The van der Waals surface area contributed by atoms with Crippen molar-refractivity contribution in [3.8, 4) is 23.2 Å². The summed E-state index contributed by atoms with van der Waals surface area (Å²) in [5, 5.41) is 19.1.